The van der Waals surface area contributed by atoms with Gasteiger partial charge in [0, 0.05) is 12.0 Å². The third-order valence-electron chi connectivity index (χ3n) is 10.6. The minimum absolute atomic E-state index is 0.152. The van der Waals surface area contributed by atoms with Crippen molar-refractivity contribution in [3.8, 4) is 5.75 Å². The molecule has 0 saturated carbocycles. The van der Waals surface area contributed by atoms with E-state index in [1.807, 2.05) is 122 Å². The van der Waals surface area contributed by atoms with Crippen LogP contribution in [0.5, 0.6) is 5.75 Å². The molecule has 298 valence electrons. The van der Waals surface area contributed by atoms with Crippen molar-refractivity contribution in [3.63, 3.8) is 0 Å². The monoisotopic (exact) mass is 784 g/mol. The molecule has 2 heterocycles. The number of benzene rings is 6. The predicted octanol–water partition coefficient (Wildman–Crippen LogP) is 9.90. The number of hydrogen-bond acceptors (Lipinski definition) is 7. The summed E-state index contributed by atoms with van der Waals surface area (Å²) in [4.78, 5) is 0. The van der Waals surface area contributed by atoms with Crippen molar-refractivity contribution in [1.29, 1.82) is 0 Å². The standard InChI is InChI=1S/C49H46F2O7/c1-34-45(53-31-35-13-5-2-6-14-35)46(54-32-36-15-7-3-8-16-36)47(55-33-37-17-9-4-10-18-37)48(56-34)52-30-29-44-57-43-20-12-11-19-42(43)49(58-44,38-21-25-40(50)26-22-38)39-23-27-41(51)28-24-39/h2-28,34,44-48H,29-33H2,1H3/t34-,44?,45-,46+,47+,48+/m0/s1. The fourth-order valence-corrected chi connectivity index (χ4v) is 7.67. The maximum Gasteiger partial charge on any atom is 0.203 e. The van der Waals surface area contributed by atoms with Crippen molar-refractivity contribution in [2.45, 2.75) is 75.8 Å². The topological polar surface area (TPSA) is 64.6 Å². The van der Waals surface area contributed by atoms with Crippen LogP contribution in [-0.4, -0.2) is 43.6 Å². The van der Waals surface area contributed by atoms with Gasteiger partial charge in [0.05, 0.1) is 32.5 Å². The van der Waals surface area contributed by atoms with Crippen LogP contribution in [0.3, 0.4) is 0 Å². The SMILES string of the molecule is C[C@@H]1O[C@@H](OCCC2Oc3ccccc3C(c3ccc(F)cc3)(c3ccc(F)cc3)O2)[C@H](OCc2ccccc2)[C@H](OCc2ccccc2)[C@H]1OCc1ccccc1. The number of hydrogen-bond donors (Lipinski definition) is 0. The summed E-state index contributed by atoms with van der Waals surface area (Å²) in [5, 5.41) is 0. The molecule has 2 aliphatic heterocycles. The highest BCUT2D eigenvalue weighted by Gasteiger charge is 2.49. The van der Waals surface area contributed by atoms with Crippen LogP contribution in [0.15, 0.2) is 164 Å². The fourth-order valence-electron chi connectivity index (χ4n) is 7.67. The van der Waals surface area contributed by atoms with E-state index >= 15 is 0 Å². The van der Waals surface area contributed by atoms with Gasteiger partial charge < -0.3 is 33.2 Å². The van der Waals surface area contributed by atoms with Crippen molar-refractivity contribution in [3.05, 3.63) is 209 Å². The van der Waals surface area contributed by atoms with Crippen LogP contribution in [0.2, 0.25) is 0 Å². The number of rotatable bonds is 15. The van der Waals surface area contributed by atoms with Crippen LogP contribution >= 0.6 is 0 Å². The first-order chi connectivity index (χ1) is 28.5. The Hall–Kier alpha value is -5.26. The molecular weight excluding hydrogens is 739 g/mol. The van der Waals surface area contributed by atoms with Gasteiger partial charge in [-0.15, -0.1) is 0 Å². The van der Waals surface area contributed by atoms with Gasteiger partial charge in [-0.05, 0) is 65.1 Å². The van der Waals surface area contributed by atoms with E-state index in [9.17, 15) is 8.78 Å². The van der Waals surface area contributed by atoms with Crippen LogP contribution in [-0.2, 0) is 53.8 Å². The normalized spacial score (nSPS) is 22.5. The van der Waals surface area contributed by atoms with Crippen molar-refractivity contribution in [1.82, 2.24) is 0 Å². The van der Waals surface area contributed by atoms with Crippen molar-refractivity contribution >= 4 is 0 Å². The Morgan fingerprint density at radius 1 is 0.517 bits per heavy atom. The second-order valence-electron chi connectivity index (χ2n) is 14.5. The van der Waals surface area contributed by atoms with Gasteiger partial charge in [0.1, 0.15) is 35.7 Å². The first-order valence-corrected chi connectivity index (χ1v) is 19.7. The van der Waals surface area contributed by atoms with Gasteiger partial charge in [0.25, 0.3) is 0 Å². The van der Waals surface area contributed by atoms with E-state index in [0.717, 1.165) is 16.7 Å². The van der Waals surface area contributed by atoms with Crippen molar-refractivity contribution in [2.75, 3.05) is 6.61 Å². The number of halogens is 2. The van der Waals surface area contributed by atoms with Gasteiger partial charge in [0.15, 0.2) is 11.9 Å². The predicted molar refractivity (Wildman–Crippen MR) is 215 cm³/mol. The molecule has 6 atom stereocenters. The molecular formula is C49H46F2O7. The lowest BCUT2D eigenvalue weighted by Crippen LogP contribution is -2.60. The molecule has 0 aromatic heterocycles. The molecule has 8 rings (SSSR count). The highest BCUT2D eigenvalue weighted by atomic mass is 19.1. The average Bonchev–Trinajstić information content (AvgIpc) is 3.26. The summed E-state index contributed by atoms with van der Waals surface area (Å²) in [6.07, 6.45) is -3.55. The van der Waals surface area contributed by atoms with E-state index in [1.54, 1.807) is 24.3 Å². The lowest BCUT2D eigenvalue weighted by atomic mass is 9.79. The zero-order valence-corrected chi connectivity index (χ0v) is 32.2. The van der Waals surface area contributed by atoms with Crippen LogP contribution in [0.4, 0.5) is 8.78 Å². The maximum absolute atomic E-state index is 14.3. The van der Waals surface area contributed by atoms with E-state index in [0.29, 0.717) is 42.3 Å². The largest absolute Gasteiger partial charge is 0.464 e. The average molecular weight is 785 g/mol. The molecule has 1 unspecified atom stereocenters. The van der Waals surface area contributed by atoms with E-state index in [1.165, 1.54) is 24.3 Å². The molecule has 7 nitrogen and oxygen atoms in total. The fraction of sp³-hybridized carbons (Fsp3) is 0.265. The third-order valence-corrected chi connectivity index (χ3v) is 10.6. The molecule has 0 spiro atoms. The first kappa shape index (κ1) is 39.6. The Labute approximate surface area is 338 Å². The van der Waals surface area contributed by atoms with Crippen molar-refractivity contribution in [2.24, 2.45) is 0 Å². The highest BCUT2D eigenvalue weighted by Crippen LogP contribution is 2.49. The smallest absolute Gasteiger partial charge is 0.203 e. The third kappa shape index (κ3) is 9.06. The van der Waals surface area contributed by atoms with Gasteiger partial charge in [-0.25, -0.2) is 8.78 Å². The van der Waals surface area contributed by atoms with Gasteiger partial charge in [0.2, 0.25) is 6.29 Å². The molecule has 0 bridgehead atoms. The molecule has 1 saturated heterocycles. The molecule has 6 aromatic carbocycles. The summed E-state index contributed by atoms with van der Waals surface area (Å²) in [5.41, 5.74) is 3.84. The summed E-state index contributed by atoms with van der Waals surface area (Å²) in [6.45, 7) is 3.10. The minimum Gasteiger partial charge on any atom is -0.464 e. The zero-order valence-electron chi connectivity index (χ0n) is 32.2. The highest BCUT2D eigenvalue weighted by molar-refractivity contribution is 5.54. The molecule has 0 amide bonds. The minimum atomic E-state index is -1.24. The Morgan fingerprint density at radius 3 is 1.52 bits per heavy atom. The van der Waals surface area contributed by atoms with Crippen LogP contribution in [0.1, 0.15) is 46.7 Å². The Morgan fingerprint density at radius 2 is 0.983 bits per heavy atom. The quantitative estimate of drug-likeness (QED) is 0.103. The van der Waals surface area contributed by atoms with E-state index in [-0.39, 0.29) is 24.7 Å². The van der Waals surface area contributed by atoms with Crippen molar-refractivity contribution < 1.29 is 41.9 Å². The Kier molecular flexibility index (Phi) is 12.7. The second kappa shape index (κ2) is 18.6. The second-order valence-corrected chi connectivity index (χ2v) is 14.5. The zero-order chi connectivity index (χ0) is 39.7. The van der Waals surface area contributed by atoms with Crippen LogP contribution in [0.25, 0.3) is 0 Å². The molecule has 0 N–H and O–H groups in total. The summed E-state index contributed by atoms with van der Waals surface area (Å²) in [7, 11) is 0. The van der Waals surface area contributed by atoms with Gasteiger partial charge in [-0.2, -0.15) is 0 Å². The first-order valence-electron chi connectivity index (χ1n) is 19.7. The Balaban J connectivity index is 1.06. The summed E-state index contributed by atoms with van der Waals surface area (Å²) >= 11 is 0. The lowest BCUT2D eigenvalue weighted by Gasteiger charge is -2.45. The summed E-state index contributed by atoms with van der Waals surface area (Å²) in [5.74, 6) is -0.174. The van der Waals surface area contributed by atoms with Gasteiger partial charge in [-0.3, -0.25) is 0 Å². The van der Waals surface area contributed by atoms with E-state index < -0.39 is 42.6 Å². The molecule has 1 fully saturated rings. The molecule has 2 aliphatic rings. The van der Waals surface area contributed by atoms with E-state index in [2.05, 4.69) is 0 Å². The van der Waals surface area contributed by atoms with Crippen LogP contribution < -0.4 is 4.74 Å². The molecule has 0 aliphatic carbocycles. The van der Waals surface area contributed by atoms with Gasteiger partial charge in [-0.1, -0.05) is 133 Å². The molecule has 58 heavy (non-hydrogen) atoms. The molecule has 9 heteroatoms. The van der Waals surface area contributed by atoms with Crippen LogP contribution in [0, 0.1) is 11.6 Å². The molecule has 0 radical (unpaired) electrons. The lowest BCUT2D eigenvalue weighted by molar-refractivity contribution is -0.322. The van der Waals surface area contributed by atoms with E-state index in [4.69, 9.17) is 33.2 Å². The maximum atomic E-state index is 14.3. The number of ether oxygens (including phenoxy) is 7. The summed E-state index contributed by atoms with van der Waals surface area (Å²) < 4.78 is 75.2. The summed E-state index contributed by atoms with van der Waals surface area (Å²) in [6, 6.07) is 49.8. The van der Waals surface area contributed by atoms with Gasteiger partial charge >= 0.3 is 0 Å². The number of para-hydroxylation sites is 1. The molecule has 6 aromatic rings. The number of fused-ring (bicyclic) bond motifs is 1. The Bertz CT molecular complexity index is 2130.